The molecule has 36 heavy (non-hydrogen) atoms. The Morgan fingerprint density at radius 3 is 1.28 bits per heavy atom. The van der Waals surface area contributed by atoms with Gasteiger partial charge in [-0.05, 0) is 58.7 Å². The Labute approximate surface area is 209 Å². The van der Waals surface area contributed by atoms with Crippen molar-refractivity contribution in [1.29, 1.82) is 0 Å². The molecule has 1 aliphatic rings. The minimum absolute atomic E-state index is 0.0685. The normalized spacial score (nSPS) is 16.6. The molecule has 2 N–H and O–H groups in total. The molecule has 2 heterocycles. The molecule has 176 valence electrons. The lowest BCUT2D eigenvalue weighted by atomic mass is 9.72. The molecule has 2 atom stereocenters. The van der Waals surface area contributed by atoms with Crippen LogP contribution in [-0.4, -0.2) is 24.2 Å². The number of hydrogen-bond donors (Lipinski definition) is 2. The number of nitrogens with one attached hydrogen (secondary N) is 2. The molecular formula is C32H26N2O2. The van der Waals surface area contributed by atoms with Crippen molar-refractivity contribution in [3.05, 3.63) is 131 Å². The molecule has 0 amide bonds. The molecule has 0 spiro atoms. The zero-order chi connectivity index (χ0) is 24.2. The lowest BCUT2D eigenvalue weighted by Crippen LogP contribution is -2.19. The second-order valence-corrected chi connectivity index (χ2v) is 9.41. The first-order valence-corrected chi connectivity index (χ1v) is 12.3. The smallest absolute Gasteiger partial charge is 0.118 e. The number of aromatic nitrogens is 2. The van der Waals surface area contributed by atoms with Crippen LogP contribution in [0.2, 0.25) is 0 Å². The average Bonchev–Trinajstić information content (AvgIpc) is 3.51. The SMILES string of the molecule is COc1ccc(C2c3[nH]c4ccccc4c3C(c3ccc(OC)cc3)c3[nH]c4ccccc4c32)cc1. The van der Waals surface area contributed by atoms with Crippen molar-refractivity contribution in [2.24, 2.45) is 0 Å². The number of hydrogen-bond acceptors (Lipinski definition) is 2. The van der Waals surface area contributed by atoms with Crippen LogP contribution in [0.4, 0.5) is 0 Å². The Morgan fingerprint density at radius 2 is 0.889 bits per heavy atom. The second kappa shape index (κ2) is 8.06. The Hall–Kier alpha value is -4.44. The van der Waals surface area contributed by atoms with E-state index in [9.17, 15) is 0 Å². The molecule has 4 heteroatoms. The summed E-state index contributed by atoms with van der Waals surface area (Å²) in [6.45, 7) is 0. The third-order valence-corrected chi connectivity index (χ3v) is 7.61. The summed E-state index contributed by atoms with van der Waals surface area (Å²) in [6, 6.07) is 34.3. The molecule has 4 aromatic carbocycles. The molecule has 1 aliphatic carbocycles. The van der Waals surface area contributed by atoms with E-state index in [0.29, 0.717) is 0 Å². The fraction of sp³-hybridized carbons (Fsp3) is 0.125. The summed E-state index contributed by atoms with van der Waals surface area (Å²) in [4.78, 5) is 7.68. The van der Waals surface area contributed by atoms with Crippen molar-refractivity contribution in [2.75, 3.05) is 14.2 Å². The fourth-order valence-electron chi connectivity index (χ4n) is 5.99. The van der Waals surface area contributed by atoms with Crippen LogP contribution in [0.5, 0.6) is 11.5 Å². The first kappa shape index (κ1) is 20.9. The molecule has 0 saturated heterocycles. The minimum atomic E-state index is 0.0685. The third kappa shape index (κ3) is 3.01. The van der Waals surface area contributed by atoms with Crippen LogP contribution < -0.4 is 9.47 Å². The number of benzene rings is 4. The quantitative estimate of drug-likeness (QED) is 0.283. The number of methoxy groups -OCH3 is 2. The number of rotatable bonds is 4. The van der Waals surface area contributed by atoms with Gasteiger partial charge >= 0.3 is 0 Å². The standard InChI is InChI=1S/C32H26N2O2/c1-35-21-15-11-19(12-16-21)27-29-23-7-3-5-9-25(23)34-32(29)28(20-13-17-22(36-2)18-14-20)30-24-8-4-6-10-26(24)33-31(27)30/h3-18,27-28,33-34H,1-2H3. The lowest BCUT2D eigenvalue weighted by Gasteiger charge is -2.31. The van der Waals surface area contributed by atoms with E-state index in [-0.39, 0.29) is 11.8 Å². The zero-order valence-electron chi connectivity index (χ0n) is 20.2. The van der Waals surface area contributed by atoms with E-state index < -0.39 is 0 Å². The summed E-state index contributed by atoms with van der Waals surface area (Å²) >= 11 is 0. The summed E-state index contributed by atoms with van der Waals surface area (Å²) < 4.78 is 10.9. The maximum absolute atomic E-state index is 5.47. The first-order valence-electron chi connectivity index (χ1n) is 12.3. The van der Waals surface area contributed by atoms with E-state index in [1.54, 1.807) is 14.2 Å². The van der Waals surface area contributed by atoms with Gasteiger partial charge in [-0.3, -0.25) is 0 Å². The number of aromatic amines is 2. The average molecular weight is 471 g/mol. The molecule has 0 bridgehead atoms. The van der Waals surface area contributed by atoms with E-state index in [4.69, 9.17) is 9.47 Å². The Kier molecular flexibility index (Phi) is 4.68. The van der Waals surface area contributed by atoms with Crippen molar-refractivity contribution in [3.63, 3.8) is 0 Å². The van der Waals surface area contributed by atoms with E-state index in [2.05, 4.69) is 107 Å². The van der Waals surface area contributed by atoms with Gasteiger partial charge in [0, 0.05) is 33.2 Å². The molecule has 0 radical (unpaired) electrons. The second-order valence-electron chi connectivity index (χ2n) is 9.41. The van der Waals surface area contributed by atoms with Crippen molar-refractivity contribution in [2.45, 2.75) is 11.8 Å². The van der Waals surface area contributed by atoms with E-state index in [1.165, 1.54) is 44.4 Å². The fourth-order valence-corrected chi connectivity index (χ4v) is 5.99. The summed E-state index contributed by atoms with van der Waals surface area (Å²) in [7, 11) is 3.42. The van der Waals surface area contributed by atoms with Gasteiger partial charge in [0.15, 0.2) is 0 Å². The van der Waals surface area contributed by atoms with E-state index in [1.807, 2.05) is 0 Å². The molecule has 6 aromatic rings. The Balaban J connectivity index is 1.57. The first-order chi connectivity index (χ1) is 17.8. The summed E-state index contributed by atoms with van der Waals surface area (Å²) in [5.74, 6) is 1.86. The zero-order valence-corrected chi connectivity index (χ0v) is 20.2. The molecule has 4 nitrogen and oxygen atoms in total. The van der Waals surface area contributed by atoms with Gasteiger partial charge in [-0.15, -0.1) is 0 Å². The Morgan fingerprint density at radius 1 is 0.500 bits per heavy atom. The molecule has 0 saturated carbocycles. The minimum Gasteiger partial charge on any atom is -0.497 e. The summed E-state index contributed by atoms with van der Waals surface area (Å²) in [5.41, 5.74) is 9.96. The van der Waals surface area contributed by atoms with Gasteiger partial charge in [0.2, 0.25) is 0 Å². The van der Waals surface area contributed by atoms with Crippen LogP contribution in [-0.2, 0) is 0 Å². The summed E-state index contributed by atoms with van der Waals surface area (Å²) in [5, 5.41) is 2.52. The van der Waals surface area contributed by atoms with Gasteiger partial charge in [-0.2, -0.15) is 0 Å². The van der Waals surface area contributed by atoms with E-state index in [0.717, 1.165) is 22.5 Å². The molecule has 0 fully saturated rings. The largest absolute Gasteiger partial charge is 0.497 e. The highest BCUT2D eigenvalue weighted by Gasteiger charge is 2.39. The molecular weight excluding hydrogens is 444 g/mol. The third-order valence-electron chi connectivity index (χ3n) is 7.61. The predicted molar refractivity (Wildman–Crippen MR) is 144 cm³/mol. The molecule has 2 unspecified atom stereocenters. The number of ether oxygens (including phenoxy) is 2. The van der Waals surface area contributed by atoms with E-state index >= 15 is 0 Å². The highest BCUT2D eigenvalue weighted by molar-refractivity contribution is 5.93. The lowest BCUT2D eigenvalue weighted by molar-refractivity contribution is 0.414. The monoisotopic (exact) mass is 470 g/mol. The van der Waals surface area contributed by atoms with Gasteiger partial charge < -0.3 is 19.4 Å². The highest BCUT2D eigenvalue weighted by atomic mass is 16.5. The number of H-pyrrole nitrogens is 2. The van der Waals surface area contributed by atoms with Crippen LogP contribution in [0.15, 0.2) is 97.1 Å². The van der Waals surface area contributed by atoms with Gasteiger partial charge in [0.05, 0.1) is 26.1 Å². The van der Waals surface area contributed by atoms with Gasteiger partial charge in [-0.1, -0.05) is 60.7 Å². The van der Waals surface area contributed by atoms with Crippen LogP contribution in [0.25, 0.3) is 21.8 Å². The number of fused-ring (bicyclic) bond motifs is 6. The van der Waals surface area contributed by atoms with Crippen molar-refractivity contribution < 1.29 is 9.47 Å². The predicted octanol–water partition coefficient (Wildman–Crippen LogP) is 7.34. The highest BCUT2D eigenvalue weighted by Crippen LogP contribution is 2.53. The van der Waals surface area contributed by atoms with Crippen LogP contribution in [0.1, 0.15) is 45.5 Å². The van der Waals surface area contributed by atoms with Crippen LogP contribution in [0, 0.1) is 0 Å². The summed E-state index contributed by atoms with van der Waals surface area (Å²) in [6.07, 6.45) is 0. The Bertz CT molecular complexity index is 1580. The molecule has 0 aliphatic heterocycles. The van der Waals surface area contributed by atoms with Gasteiger partial charge in [0.1, 0.15) is 11.5 Å². The van der Waals surface area contributed by atoms with Crippen molar-refractivity contribution >= 4 is 21.8 Å². The van der Waals surface area contributed by atoms with Crippen LogP contribution >= 0.6 is 0 Å². The maximum Gasteiger partial charge on any atom is 0.118 e. The van der Waals surface area contributed by atoms with Gasteiger partial charge in [-0.25, -0.2) is 0 Å². The van der Waals surface area contributed by atoms with Gasteiger partial charge in [0.25, 0.3) is 0 Å². The maximum atomic E-state index is 5.47. The molecule has 2 aromatic heterocycles. The molecule has 7 rings (SSSR count). The van der Waals surface area contributed by atoms with Crippen molar-refractivity contribution in [1.82, 2.24) is 9.97 Å². The van der Waals surface area contributed by atoms with Crippen LogP contribution in [0.3, 0.4) is 0 Å². The number of para-hydroxylation sites is 2. The van der Waals surface area contributed by atoms with Crippen molar-refractivity contribution in [3.8, 4) is 11.5 Å². The topological polar surface area (TPSA) is 50.0 Å².